The summed E-state index contributed by atoms with van der Waals surface area (Å²) in [7, 11) is 0. The number of halogens is 2. The molecule has 0 radical (unpaired) electrons. The number of aliphatic carboxylic acids is 1. The van der Waals surface area contributed by atoms with Crippen LogP contribution in [0.2, 0.25) is 0 Å². The number of benzene rings is 1. The molecule has 0 aliphatic heterocycles. The Morgan fingerprint density at radius 3 is 2.65 bits per heavy atom. The van der Waals surface area contributed by atoms with Gasteiger partial charge in [0.15, 0.2) is 0 Å². The molecule has 0 bridgehead atoms. The summed E-state index contributed by atoms with van der Waals surface area (Å²) in [6.07, 6.45) is 0.987. The van der Waals surface area contributed by atoms with E-state index in [2.05, 4.69) is 15.9 Å². The third-order valence-electron chi connectivity index (χ3n) is 2.63. The van der Waals surface area contributed by atoms with Crippen molar-refractivity contribution in [1.82, 2.24) is 0 Å². The molecule has 0 heterocycles. The number of aryl methyl sites for hydroxylation is 1. The van der Waals surface area contributed by atoms with Crippen LogP contribution in [0.4, 0.5) is 4.39 Å². The standard InChI is InChI=1S/C13H16BrFO2/c1-8(2)10-6-9(4-3-5-12(16)17)13(15)11(14)7-10/h6-8H,3-5H2,1-2H3,(H,16,17). The van der Waals surface area contributed by atoms with Gasteiger partial charge >= 0.3 is 5.97 Å². The van der Waals surface area contributed by atoms with E-state index in [-0.39, 0.29) is 12.2 Å². The van der Waals surface area contributed by atoms with Crippen molar-refractivity contribution in [3.63, 3.8) is 0 Å². The van der Waals surface area contributed by atoms with Crippen molar-refractivity contribution in [2.24, 2.45) is 0 Å². The van der Waals surface area contributed by atoms with E-state index in [0.717, 1.165) is 5.56 Å². The fourth-order valence-electron chi connectivity index (χ4n) is 1.61. The number of carbonyl (C=O) groups is 1. The second-order valence-corrected chi connectivity index (χ2v) is 5.23. The van der Waals surface area contributed by atoms with Gasteiger partial charge in [0.2, 0.25) is 0 Å². The smallest absolute Gasteiger partial charge is 0.303 e. The highest BCUT2D eigenvalue weighted by Gasteiger charge is 2.11. The Morgan fingerprint density at radius 1 is 1.47 bits per heavy atom. The molecule has 1 aromatic carbocycles. The largest absolute Gasteiger partial charge is 0.481 e. The Hall–Kier alpha value is -0.900. The molecule has 0 atom stereocenters. The van der Waals surface area contributed by atoms with Crippen molar-refractivity contribution in [3.05, 3.63) is 33.5 Å². The summed E-state index contributed by atoms with van der Waals surface area (Å²) in [5.74, 6) is -0.797. The summed E-state index contributed by atoms with van der Waals surface area (Å²) in [6, 6.07) is 3.60. The Bertz CT molecular complexity index is 416. The van der Waals surface area contributed by atoms with E-state index in [1.165, 1.54) is 0 Å². The molecule has 1 N–H and O–H groups in total. The average Bonchev–Trinajstić information content (AvgIpc) is 2.23. The van der Waals surface area contributed by atoms with Crippen LogP contribution in [-0.4, -0.2) is 11.1 Å². The van der Waals surface area contributed by atoms with Crippen LogP contribution in [0.5, 0.6) is 0 Å². The van der Waals surface area contributed by atoms with Crippen molar-refractivity contribution in [1.29, 1.82) is 0 Å². The molecule has 4 heteroatoms. The molecule has 0 spiro atoms. The van der Waals surface area contributed by atoms with Gasteiger partial charge in [0.1, 0.15) is 5.82 Å². The summed E-state index contributed by atoms with van der Waals surface area (Å²) in [5.41, 5.74) is 1.65. The van der Waals surface area contributed by atoms with Crippen LogP contribution in [-0.2, 0) is 11.2 Å². The first-order valence-electron chi connectivity index (χ1n) is 5.61. The van der Waals surface area contributed by atoms with Crippen LogP contribution in [0.25, 0.3) is 0 Å². The van der Waals surface area contributed by atoms with Crippen molar-refractivity contribution in [2.45, 2.75) is 39.0 Å². The zero-order valence-corrected chi connectivity index (χ0v) is 11.6. The molecule has 0 saturated carbocycles. The third kappa shape index (κ3) is 4.11. The highest BCUT2D eigenvalue weighted by atomic mass is 79.9. The summed E-state index contributed by atoms with van der Waals surface area (Å²) < 4.78 is 14.2. The van der Waals surface area contributed by atoms with E-state index < -0.39 is 5.97 Å². The van der Waals surface area contributed by atoms with Crippen LogP contribution < -0.4 is 0 Å². The molecule has 17 heavy (non-hydrogen) atoms. The molecule has 0 aliphatic rings. The molecular weight excluding hydrogens is 287 g/mol. The molecule has 0 aliphatic carbocycles. The zero-order chi connectivity index (χ0) is 13.0. The first kappa shape index (κ1) is 14.2. The van der Waals surface area contributed by atoms with Crippen LogP contribution in [0.1, 0.15) is 43.7 Å². The van der Waals surface area contributed by atoms with Crippen molar-refractivity contribution < 1.29 is 14.3 Å². The lowest BCUT2D eigenvalue weighted by Gasteiger charge is -2.11. The second-order valence-electron chi connectivity index (χ2n) is 4.38. The minimum Gasteiger partial charge on any atom is -0.481 e. The van der Waals surface area contributed by atoms with Crippen LogP contribution in [0.3, 0.4) is 0 Å². The van der Waals surface area contributed by atoms with Gasteiger partial charge in [-0.25, -0.2) is 4.39 Å². The topological polar surface area (TPSA) is 37.3 Å². The maximum Gasteiger partial charge on any atom is 0.303 e. The average molecular weight is 303 g/mol. The van der Waals surface area contributed by atoms with E-state index >= 15 is 0 Å². The van der Waals surface area contributed by atoms with Gasteiger partial charge in [-0.2, -0.15) is 0 Å². The maximum atomic E-state index is 13.8. The van der Waals surface area contributed by atoms with E-state index in [1.54, 1.807) is 6.07 Å². The van der Waals surface area contributed by atoms with Gasteiger partial charge in [-0.15, -0.1) is 0 Å². The Balaban J connectivity index is 2.86. The quantitative estimate of drug-likeness (QED) is 0.888. The van der Waals surface area contributed by atoms with E-state index in [0.29, 0.717) is 28.8 Å². The van der Waals surface area contributed by atoms with Crippen molar-refractivity contribution in [3.8, 4) is 0 Å². The number of hydrogen-bond donors (Lipinski definition) is 1. The molecule has 0 aromatic heterocycles. The summed E-state index contributed by atoms with van der Waals surface area (Å²) in [4.78, 5) is 10.4. The number of carboxylic acid groups (broad SMARTS) is 1. The van der Waals surface area contributed by atoms with Gasteiger partial charge in [0, 0.05) is 6.42 Å². The SMILES string of the molecule is CC(C)c1cc(Br)c(F)c(CCCC(=O)O)c1. The van der Waals surface area contributed by atoms with Gasteiger partial charge in [0.05, 0.1) is 4.47 Å². The molecule has 94 valence electrons. The molecule has 1 aromatic rings. The molecule has 0 amide bonds. The lowest BCUT2D eigenvalue weighted by molar-refractivity contribution is -0.137. The summed E-state index contributed by atoms with van der Waals surface area (Å²) in [6.45, 7) is 4.08. The first-order valence-corrected chi connectivity index (χ1v) is 6.40. The maximum absolute atomic E-state index is 13.8. The Morgan fingerprint density at radius 2 is 2.12 bits per heavy atom. The Kier molecular flexibility index (Phi) is 5.12. The minimum atomic E-state index is -0.843. The normalized spacial score (nSPS) is 10.9. The van der Waals surface area contributed by atoms with E-state index in [9.17, 15) is 9.18 Å². The van der Waals surface area contributed by atoms with Crippen LogP contribution in [0, 0.1) is 5.82 Å². The fraction of sp³-hybridized carbons (Fsp3) is 0.462. The first-order chi connectivity index (χ1) is 7.91. The van der Waals surface area contributed by atoms with Crippen molar-refractivity contribution >= 4 is 21.9 Å². The van der Waals surface area contributed by atoms with Crippen molar-refractivity contribution in [2.75, 3.05) is 0 Å². The van der Waals surface area contributed by atoms with Gasteiger partial charge in [0.25, 0.3) is 0 Å². The highest BCUT2D eigenvalue weighted by Crippen LogP contribution is 2.26. The number of hydrogen-bond acceptors (Lipinski definition) is 1. The second kappa shape index (κ2) is 6.15. The summed E-state index contributed by atoms with van der Waals surface area (Å²) in [5, 5.41) is 8.56. The van der Waals surface area contributed by atoms with E-state index in [1.807, 2.05) is 19.9 Å². The van der Waals surface area contributed by atoms with Gasteiger partial charge in [-0.1, -0.05) is 19.9 Å². The zero-order valence-electron chi connectivity index (χ0n) is 9.96. The van der Waals surface area contributed by atoms with E-state index in [4.69, 9.17) is 5.11 Å². The number of carboxylic acids is 1. The van der Waals surface area contributed by atoms with Gasteiger partial charge in [-0.3, -0.25) is 4.79 Å². The third-order valence-corrected chi connectivity index (χ3v) is 3.21. The predicted octanol–water partition coefficient (Wildman–Crippen LogP) is 4.12. The van der Waals surface area contributed by atoms with Crippen LogP contribution >= 0.6 is 15.9 Å². The summed E-state index contributed by atoms with van der Waals surface area (Å²) >= 11 is 3.19. The molecular formula is C13H16BrFO2. The van der Waals surface area contributed by atoms with Gasteiger partial charge in [-0.05, 0) is 51.9 Å². The monoisotopic (exact) mass is 302 g/mol. The molecule has 0 fully saturated rings. The fourth-order valence-corrected chi connectivity index (χ4v) is 2.13. The van der Waals surface area contributed by atoms with Crippen LogP contribution in [0.15, 0.2) is 16.6 Å². The molecule has 0 saturated heterocycles. The Labute approximate surface area is 109 Å². The predicted molar refractivity (Wildman–Crippen MR) is 68.8 cm³/mol. The number of rotatable bonds is 5. The molecule has 1 rings (SSSR count). The highest BCUT2D eigenvalue weighted by molar-refractivity contribution is 9.10. The minimum absolute atomic E-state index is 0.0724. The molecule has 0 unspecified atom stereocenters. The van der Waals surface area contributed by atoms with Gasteiger partial charge < -0.3 is 5.11 Å². The lowest BCUT2D eigenvalue weighted by Crippen LogP contribution is -2.00. The molecule has 2 nitrogen and oxygen atoms in total. The lowest BCUT2D eigenvalue weighted by atomic mass is 9.98.